The van der Waals surface area contributed by atoms with E-state index < -0.39 is 12.7 Å². The molecule has 0 aliphatic carbocycles. The molecule has 3 nitrogen and oxygen atoms in total. The molecule has 1 heterocycles. The standard InChI is InChI=1S/C13H19ClF3N3/c1-3-7-20(9-13(15,16)17)8-11-10(14)5-6-12(19-11)18-4-2/h5-6H,3-4,7-9H2,1-2H3,(H,18,19). The number of nitrogens with zero attached hydrogens (tertiary/aromatic N) is 2. The van der Waals surface area contributed by atoms with Crippen LogP contribution in [0.4, 0.5) is 19.0 Å². The maximum atomic E-state index is 12.5. The zero-order valence-electron chi connectivity index (χ0n) is 11.6. The normalized spacial score (nSPS) is 11.9. The van der Waals surface area contributed by atoms with Gasteiger partial charge in [-0.25, -0.2) is 4.98 Å². The third kappa shape index (κ3) is 5.96. The van der Waals surface area contributed by atoms with Crippen molar-refractivity contribution in [1.29, 1.82) is 0 Å². The summed E-state index contributed by atoms with van der Waals surface area (Å²) in [6, 6.07) is 3.36. The van der Waals surface area contributed by atoms with Gasteiger partial charge in [0, 0.05) is 13.1 Å². The van der Waals surface area contributed by atoms with Gasteiger partial charge in [-0.15, -0.1) is 0 Å². The van der Waals surface area contributed by atoms with Gasteiger partial charge in [-0.2, -0.15) is 13.2 Å². The van der Waals surface area contributed by atoms with E-state index in [-0.39, 0.29) is 6.54 Å². The van der Waals surface area contributed by atoms with Gasteiger partial charge in [0.2, 0.25) is 0 Å². The number of hydrogen-bond acceptors (Lipinski definition) is 3. The fourth-order valence-electron chi connectivity index (χ4n) is 1.87. The van der Waals surface area contributed by atoms with E-state index >= 15 is 0 Å². The summed E-state index contributed by atoms with van der Waals surface area (Å²) in [5.74, 6) is 0.621. The SMILES string of the molecule is CCCN(Cc1nc(NCC)ccc1Cl)CC(F)(F)F. The molecule has 0 aliphatic heterocycles. The molecule has 0 aliphatic rings. The maximum Gasteiger partial charge on any atom is 0.401 e. The quantitative estimate of drug-likeness (QED) is 0.827. The van der Waals surface area contributed by atoms with E-state index in [4.69, 9.17) is 11.6 Å². The molecule has 0 saturated heterocycles. The molecule has 20 heavy (non-hydrogen) atoms. The van der Waals surface area contributed by atoms with Gasteiger partial charge in [-0.05, 0) is 32.0 Å². The van der Waals surface area contributed by atoms with Crippen LogP contribution in [0.1, 0.15) is 26.0 Å². The summed E-state index contributed by atoms with van der Waals surface area (Å²) in [7, 11) is 0. The van der Waals surface area contributed by atoms with Gasteiger partial charge >= 0.3 is 6.18 Å². The van der Waals surface area contributed by atoms with Crippen molar-refractivity contribution in [2.75, 3.05) is 25.0 Å². The summed E-state index contributed by atoms with van der Waals surface area (Å²) < 4.78 is 37.6. The molecule has 1 aromatic heterocycles. The van der Waals surface area contributed by atoms with Gasteiger partial charge < -0.3 is 5.32 Å². The first-order valence-electron chi connectivity index (χ1n) is 6.54. The number of alkyl halides is 3. The number of anilines is 1. The van der Waals surface area contributed by atoms with E-state index in [2.05, 4.69) is 10.3 Å². The van der Waals surface area contributed by atoms with Crippen LogP contribution in [0.5, 0.6) is 0 Å². The van der Waals surface area contributed by atoms with Crippen LogP contribution >= 0.6 is 11.6 Å². The number of aromatic nitrogens is 1. The molecule has 114 valence electrons. The Kier molecular flexibility index (Phi) is 6.55. The molecule has 0 saturated carbocycles. The Morgan fingerprint density at radius 1 is 1.30 bits per heavy atom. The molecule has 0 aromatic carbocycles. The molecule has 0 spiro atoms. The van der Waals surface area contributed by atoms with Gasteiger partial charge in [0.15, 0.2) is 0 Å². The summed E-state index contributed by atoms with van der Waals surface area (Å²) in [5.41, 5.74) is 0.461. The lowest BCUT2D eigenvalue weighted by Gasteiger charge is -2.23. The Hall–Kier alpha value is -1.01. The van der Waals surface area contributed by atoms with Gasteiger partial charge in [-0.1, -0.05) is 18.5 Å². The van der Waals surface area contributed by atoms with Crippen LogP contribution in [0.15, 0.2) is 12.1 Å². The number of halogens is 4. The van der Waals surface area contributed by atoms with Crippen molar-refractivity contribution in [3.63, 3.8) is 0 Å². The third-order valence-electron chi connectivity index (χ3n) is 2.59. The molecule has 0 bridgehead atoms. The minimum atomic E-state index is -4.22. The summed E-state index contributed by atoms with van der Waals surface area (Å²) in [6.45, 7) is 3.93. The second-order valence-electron chi connectivity index (χ2n) is 4.48. The second kappa shape index (κ2) is 7.69. The van der Waals surface area contributed by atoms with Crippen LogP contribution in [-0.2, 0) is 6.54 Å². The van der Waals surface area contributed by atoms with Crippen molar-refractivity contribution in [2.45, 2.75) is 33.0 Å². The molecule has 0 radical (unpaired) electrons. The van der Waals surface area contributed by atoms with Gasteiger partial charge in [-0.3, -0.25) is 4.90 Å². The summed E-state index contributed by atoms with van der Waals surface area (Å²) in [4.78, 5) is 5.57. The lowest BCUT2D eigenvalue weighted by atomic mass is 10.3. The molecule has 0 atom stereocenters. The lowest BCUT2D eigenvalue weighted by molar-refractivity contribution is -0.147. The van der Waals surface area contributed by atoms with E-state index in [9.17, 15) is 13.2 Å². The van der Waals surface area contributed by atoms with Crippen molar-refractivity contribution >= 4 is 17.4 Å². The summed E-state index contributed by atoms with van der Waals surface area (Å²) >= 11 is 6.01. The summed E-state index contributed by atoms with van der Waals surface area (Å²) in [5, 5.41) is 3.40. The first kappa shape index (κ1) is 17.0. The van der Waals surface area contributed by atoms with Crippen LogP contribution in [0.25, 0.3) is 0 Å². The van der Waals surface area contributed by atoms with Crippen LogP contribution in [0, 0.1) is 0 Å². The highest BCUT2D eigenvalue weighted by Gasteiger charge is 2.30. The number of nitrogens with one attached hydrogen (secondary N) is 1. The Labute approximate surface area is 122 Å². The highest BCUT2D eigenvalue weighted by Crippen LogP contribution is 2.22. The molecule has 1 N–H and O–H groups in total. The van der Waals surface area contributed by atoms with Gasteiger partial charge in [0.1, 0.15) is 5.82 Å². The van der Waals surface area contributed by atoms with Crippen molar-refractivity contribution in [3.05, 3.63) is 22.8 Å². The predicted octanol–water partition coefficient (Wildman–Crippen LogP) is 3.94. The molecular weight excluding hydrogens is 291 g/mol. The minimum absolute atomic E-state index is 0.0887. The predicted molar refractivity (Wildman–Crippen MR) is 75.0 cm³/mol. The molecule has 0 fully saturated rings. The minimum Gasteiger partial charge on any atom is -0.370 e. The van der Waals surface area contributed by atoms with Crippen molar-refractivity contribution in [2.24, 2.45) is 0 Å². The molecule has 1 rings (SSSR count). The first-order chi connectivity index (χ1) is 9.35. The van der Waals surface area contributed by atoms with Crippen molar-refractivity contribution < 1.29 is 13.2 Å². The molecule has 0 amide bonds. The number of pyridine rings is 1. The van der Waals surface area contributed by atoms with Crippen LogP contribution < -0.4 is 5.32 Å². The van der Waals surface area contributed by atoms with Gasteiger partial charge in [0.25, 0.3) is 0 Å². The molecular formula is C13H19ClF3N3. The average Bonchev–Trinajstić information content (AvgIpc) is 2.32. The fourth-order valence-corrected chi connectivity index (χ4v) is 2.04. The van der Waals surface area contributed by atoms with Crippen LogP contribution in [-0.4, -0.2) is 35.7 Å². The maximum absolute atomic E-state index is 12.5. The Bertz CT molecular complexity index is 424. The van der Waals surface area contributed by atoms with E-state index in [0.717, 1.165) is 0 Å². The van der Waals surface area contributed by atoms with Crippen molar-refractivity contribution in [3.8, 4) is 0 Å². The molecule has 7 heteroatoms. The second-order valence-corrected chi connectivity index (χ2v) is 4.89. The number of rotatable bonds is 7. The Morgan fingerprint density at radius 3 is 2.55 bits per heavy atom. The lowest BCUT2D eigenvalue weighted by Crippen LogP contribution is -2.34. The largest absolute Gasteiger partial charge is 0.401 e. The smallest absolute Gasteiger partial charge is 0.370 e. The molecule has 0 unspecified atom stereocenters. The van der Waals surface area contributed by atoms with E-state index in [0.29, 0.717) is 36.0 Å². The average molecular weight is 310 g/mol. The van der Waals surface area contributed by atoms with E-state index in [1.165, 1.54) is 4.90 Å². The number of hydrogen-bond donors (Lipinski definition) is 1. The van der Waals surface area contributed by atoms with Crippen LogP contribution in [0.3, 0.4) is 0 Å². The van der Waals surface area contributed by atoms with Crippen LogP contribution in [0.2, 0.25) is 5.02 Å². The summed E-state index contributed by atoms with van der Waals surface area (Å²) in [6.07, 6.45) is -3.58. The Balaban J connectivity index is 2.83. The zero-order valence-corrected chi connectivity index (χ0v) is 12.4. The topological polar surface area (TPSA) is 28.2 Å². The fraction of sp³-hybridized carbons (Fsp3) is 0.615. The third-order valence-corrected chi connectivity index (χ3v) is 2.94. The van der Waals surface area contributed by atoms with Gasteiger partial charge in [0.05, 0.1) is 17.3 Å². The highest BCUT2D eigenvalue weighted by atomic mass is 35.5. The Morgan fingerprint density at radius 2 is 2.00 bits per heavy atom. The highest BCUT2D eigenvalue weighted by molar-refractivity contribution is 6.31. The first-order valence-corrected chi connectivity index (χ1v) is 6.92. The zero-order chi connectivity index (χ0) is 15.2. The molecule has 1 aromatic rings. The van der Waals surface area contributed by atoms with E-state index in [1.54, 1.807) is 12.1 Å². The van der Waals surface area contributed by atoms with Crippen molar-refractivity contribution in [1.82, 2.24) is 9.88 Å². The monoisotopic (exact) mass is 309 g/mol. The van der Waals surface area contributed by atoms with E-state index in [1.807, 2.05) is 13.8 Å².